The Kier molecular flexibility index (Phi) is 5.05. The number of β-amino-alcohol motifs (C(OH)–C–C–N with tert-alkyl or cyclic N) is 1. The fraction of sp³-hybridized carbons (Fsp3) is 0.429. The molecule has 0 saturated carbocycles. The van der Waals surface area contributed by atoms with Crippen LogP contribution in [0.25, 0.3) is 0 Å². The van der Waals surface area contributed by atoms with Crippen LogP contribution in [0.2, 0.25) is 0 Å². The summed E-state index contributed by atoms with van der Waals surface area (Å²) in [7, 11) is 0. The molecule has 5 nitrogen and oxygen atoms in total. The standard InChI is InChI=1S/C14H19N3O2S/c15-14(20)11-4-2-10(3-5-11)12(18)8-17-7-1-6-16-13(19)9-17/h2-5,12,18H,1,6-9H2,(H2,15,20)(H,16,19). The van der Waals surface area contributed by atoms with Gasteiger partial charge >= 0.3 is 0 Å². The summed E-state index contributed by atoms with van der Waals surface area (Å²) in [5.41, 5.74) is 7.12. The van der Waals surface area contributed by atoms with Gasteiger partial charge < -0.3 is 16.2 Å². The molecule has 1 atom stereocenters. The van der Waals surface area contributed by atoms with E-state index in [1.165, 1.54) is 0 Å². The van der Waals surface area contributed by atoms with Crippen molar-refractivity contribution in [2.45, 2.75) is 12.5 Å². The molecule has 1 amide bonds. The van der Waals surface area contributed by atoms with E-state index in [0.717, 1.165) is 24.1 Å². The fourth-order valence-corrected chi connectivity index (χ4v) is 2.38. The highest BCUT2D eigenvalue weighted by atomic mass is 32.1. The molecule has 1 saturated heterocycles. The molecule has 0 radical (unpaired) electrons. The van der Waals surface area contributed by atoms with Crippen LogP contribution in [0, 0.1) is 0 Å². The summed E-state index contributed by atoms with van der Waals surface area (Å²) in [6, 6.07) is 7.24. The Labute approximate surface area is 123 Å². The third-order valence-corrected chi connectivity index (χ3v) is 3.59. The molecule has 1 aliphatic heterocycles. The van der Waals surface area contributed by atoms with Crippen LogP contribution in [0.4, 0.5) is 0 Å². The smallest absolute Gasteiger partial charge is 0.234 e. The second-order valence-electron chi connectivity index (χ2n) is 4.94. The van der Waals surface area contributed by atoms with Gasteiger partial charge in [-0.1, -0.05) is 36.5 Å². The van der Waals surface area contributed by atoms with Gasteiger partial charge in [-0.15, -0.1) is 0 Å². The van der Waals surface area contributed by atoms with Crippen LogP contribution in [0.5, 0.6) is 0 Å². The lowest BCUT2D eigenvalue weighted by molar-refractivity contribution is -0.121. The van der Waals surface area contributed by atoms with E-state index in [2.05, 4.69) is 5.32 Å². The molecule has 1 heterocycles. The molecule has 1 fully saturated rings. The fourth-order valence-electron chi connectivity index (χ4n) is 2.24. The maximum absolute atomic E-state index is 11.5. The van der Waals surface area contributed by atoms with Crippen molar-refractivity contribution in [2.75, 3.05) is 26.2 Å². The van der Waals surface area contributed by atoms with Crippen molar-refractivity contribution in [2.24, 2.45) is 5.73 Å². The lowest BCUT2D eigenvalue weighted by atomic mass is 10.1. The van der Waals surface area contributed by atoms with Crippen molar-refractivity contribution < 1.29 is 9.90 Å². The quantitative estimate of drug-likeness (QED) is 0.690. The molecule has 20 heavy (non-hydrogen) atoms. The third kappa shape index (κ3) is 4.00. The van der Waals surface area contributed by atoms with Gasteiger partial charge in [0.1, 0.15) is 4.99 Å². The minimum absolute atomic E-state index is 0.0125. The first-order chi connectivity index (χ1) is 9.56. The van der Waals surface area contributed by atoms with Crippen molar-refractivity contribution >= 4 is 23.1 Å². The predicted octanol–water partition coefficient (Wildman–Crippen LogP) is 0.176. The Hall–Kier alpha value is -1.50. The number of nitrogens with zero attached hydrogens (tertiary/aromatic N) is 1. The Morgan fingerprint density at radius 1 is 1.45 bits per heavy atom. The molecule has 6 heteroatoms. The second kappa shape index (κ2) is 6.78. The zero-order valence-corrected chi connectivity index (χ0v) is 12.0. The van der Waals surface area contributed by atoms with Crippen molar-refractivity contribution in [1.82, 2.24) is 10.2 Å². The first-order valence-corrected chi connectivity index (χ1v) is 7.04. The number of nitrogens with one attached hydrogen (secondary N) is 1. The van der Waals surface area contributed by atoms with E-state index in [1.54, 1.807) is 12.1 Å². The molecule has 4 N–H and O–H groups in total. The topological polar surface area (TPSA) is 78.6 Å². The van der Waals surface area contributed by atoms with E-state index in [9.17, 15) is 9.90 Å². The van der Waals surface area contributed by atoms with E-state index in [1.807, 2.05) is 17.0 Å². The Morgan fingerprint density at radius 3 is 2.80 bits per heavy atom. The molecule has 0 aliphatic carbocycles. The second-order valence-corrected chi connectivity index (χ2v) is 5.38. The van der Waals surface area contributed by atoms with Crippen molar-refractivity contribution in [3.63, 3.8) is 0 Å². The van der Waals surface area contributed by atoms with Gasteiger partial charge in [0.15, 0.2) is 0 Å². The highest BCUT2D eigenvalue weighted by Crippen LogP contribution is 2.16. The largest absolute Gasteiger partial charge is 0.389 e. The van der Waals surface area contributed by atoms with Crippen molar-refractivity contribution in [1.29, 1.82) is 0 Å². The average Bonchev–Trinajstić information content (AvgIpc) is 2.63. The summed E-state index contributed by atoms with van der Waals surface area (Å²) in [4.78, 5) is 13.8. The normalized spacial score (nSPS) is 18.1. The molecule has 1 aromatic rings. The highest BCUT2D eigenvalue weighted by Gasteiger charge is 2.18. The van der Waals surface area contributed by atoms with Gasteiger partial charge in [-0.2, -0.15) is 0 Å². The van der Waals surface area contributed by atoms with E-state index in [-0.39, 0.29) is 5.91 Å². The average molecular weight is 293 g/mol. The van der Waals surface area contributed by atoms with Crippen LogP contribution in [-0.4, -0.2) is 47.1 Å². The lowest BCUT2D eigenvalue weighted by Crippen LogP contribution is -2.35. The number of amides is 1. The van der Waals surface area contributed by atoms with Gasteiger partial charge in [0.05, 0.1) is 12.6 Å². The molecule has 108 valence electrons. The summed E-state index contributed by atoms with van der Waals surface area (Å²) >= 11 is 4.89. The van der Waals surface area contributed by atoms with Gasteiger partial charge in [0.25, 0.3) is 0 Å². The minimum Gasteiger partial charge on any atom is -0.389 e. The molecule has 2 rings (SSSR count). The molecular formula is C14H19N3O2S. The summed E-state index contributed by atoms with van der Waals surface area (Å²) in [5, 5.41) is 13.1. The van der Waals surface area contributed by atoms with Crippen molar-refractivity contribution in [3.05, 3.63) is 35.4 Å². The first-order valence-electron chi connectivity index (χ1n) is 6.63. The molecule has 1 aliphatic rings. The van der Waals surface area contributed by atoms with Gasteiger partial charge in [0.2, 0.25) is 5.91 Å². The monoisotopic (exact) mass is 293 g/mol. The minimum atomic E-state index is -0.624. The molecule has 0 spiro atoms. The number of hydrogen-bond acceptors (Lipinski definition) is 4. The summed E-state index contributed by atoms with van der Waals surface area (Å²) in [6.45, 7) is 2.29. The maximum atomic E-state index is 11.5. The number of aliphatic hydroxyl groups is 1. The SMILES string of the molecule is NC(=S)c1ccc(C(O)CN2CCCNC(=O)C2)cc1. The maximum Gasteiger partial charge on any atom is 0.234 e. The molecular weight excluding hydrogens is 274 g/mol. The zero-order valence-electron chi connectivity index (χ0n) is 11.2. The number of nitrogens with two attached hydrogens (primary N) is 1. The van der Waals surface area contributed by atoms with Crippen LogP contribution in [0.3, 0.4) is 0 Å². The van der Waals surface area contributed by atoms with Crippen LogP contribution >= 0.6 is 12.2 Å². The highest BCUT2D eigenvalue weighted by molar-refractivity contribution is 7.80. The molecule has 0 aromatic heterocycles. The van der Waals surface area contributed by atoms with E-state index < -0.39 is 6.10 Å². The van der Waals surface area contributed by atoms with Crippen LogP contribution in [0.1, 0.15) is 23.7 Å². The number of benzene rings is 1. The number of thiocarbonyl (C=S) groups is 1. The van der Waals surface area contributed by atoms with Crippen LogP contribution in [0.15, 0.2) is 24.3 Å². The van der Waals surface area contributed by atoms with Gasteiger partial charge in [-0.05, 0) is 12.0 Å². The molecule has 0 bridgehead atoms. The van der Waals surface area contributed by atoms with E-state index in [4.69, 9.17) is 18.0 Å². The zero-order chi connectivity index (χ0) is 14.5. The summed E-state index contributed by atoms with van der Waals surface area (Å²) in [5.74, 6) is 0.0125. The van der Waals surface area contributed by atoms with Gasteiger partial charge in [-0.25, -0.2) is 0 Å². The van der Waals surface area contributed by atoms with Crippen LogP contribution < -0.4 is 11.1 Å². The Bertz CT molecular complexity index is 490. The van der Waals surface area contributed by atoms with E-state index in [0.29, 0.717) is 24.6 Å². The Balaban J connectivity index is 1.98. The summed E-state index contributed by atoms with van der Waals surface area (Å²) < 4.78 is 0. The molecule has 1 unspecified atom stereocenters. The van der Waals surface area contributed by atoms with E-state index >= 15 is 0 Å². The third-order valence-electron chi connectivity index (χ3n) is 3.35. The number of aliphatic hydroxyl groups excluding tert-OH is 1. The molecule has 1 aromatic carbocycles. The van der Waals surface area contributed by atoms with Gasteiger partial charge in [0, 0.05) is 25.2 Å². The number of carbonyl (C=O) groups is 1. The first kappa shape index (κ1) is 14.9. The summed E-state index contributed by atoms with van der Waals surface area (Å²) in [6.07, 6.45) is 0.278. The number of carbonyl (C=O) groups excluding carboxylic acids is 1. The lowest BCUT2D eigenvalue weighted by Gasteiger charge is -2.22. The number of hydrogen-bond donors (Lipinski definition) is 3. The predicted molar refractivity (Wildman–Crippen MR) is 81.4 cm³/mol. The van der Waals surface area contributed by atoms with Crippen molar-refractivity contribution in [3.8, 4) is 0 Å². The Morgan fingerprint density at radius 2 is 2.15 bits per heavy atom. The van der Waals surface area contributed by atoms with Crippen LogP contribution in [-0.2, 0) is 4.79 Å². The van der Waals surface area contributed by atoms with Gasteiger partial charge in [-0.3, -0.25) is 9.69 Å². The number of rotatable bonds is 4.